The van der Waals surface area contributed by atoms with E-state index < -0.39 is 114 Å². The second kappa shape index (κ2) is 25.3. The van der Waals surface area contributed by atoms with Crippen molar-refractivity contribution in [2.75, 3.05) is 25.5 Å². The molecule has 0 aliphatic carbocycles. The number of nitrogens with zero attached hydrogens (tertiary/aromatic N) is 4. The Morgan fingerprint density at radius 3 is 2.42 bits per heavy atom. The van der Waals surface area contributed by atoms with Crippen molar-refractivity contribution in [2.45, 2.75) is 147 Å². The quantitative estimate of drug-likeness (QED) is 0.0402. The number of imidazole rings is 1. The Hall–Kier alpha value is -7.84. The zero-order chi connectivity index (χ0) is 59.4. The van der Waals surface area contributed by atoms with Gasteiger partial charge in [-0.3, -0.25) is 24.0 Å². The maximum absolute atomic E-state index is 14.5. The maximum Gasteiger partial charge on any atom is 0.355 e. The van der Waals surface area contributed by atoms with E-state index in [0.717, 1.165) is 10.9 Å². The van der Waals surface area contributed by atoms with Gasteiger partial charge in [-0.25, -0.2) is 19.6 Å². The topological polar surface area (TPSA) is 316 Å². The maximum atomic E-state index is 14.5. The highest BCUT2D eigenvalue weighted by Gasteiger charge is 2.52. The van der Waals surface area contributed by atoms with E-state index in [-0.39, 0.29) is 54.6 Å². The van der Waals surface area contributed by atoms with Crippen LogP contribution in [-0.4, -0.2) is 150 Å². The third kappa shape index (κ3) is 12.7. The fraction of sp³-hybridized carbons (Fsp3) is 0.483. The number of anilines is 1. The van der Waals surface area contributed by atoms with E-state index in [1.54, 1.807) is 67.5 Å². The van der Waals surface area contributed by atoms with Crippen LogP contribution in [0.3, 0.4) is 0 Å². The Kier molecular flexibility index (Phi) is 18.2. The van der Waals surface area contributed by atoms with Gasteiger partial charge in [0.25, 0.3) is 5.56 Å². The van der Waals surface area contributed by atoms with Crippen molar-refractivity contribution >= 4 is 69.5 Å². The standard InChI is InChI=1S/C58H70N10O14S/c1-8-58(38-23-43-46-33(21-32-12-9-10-13-39(32)64-46)26-68(43)53(75)37(38)27-79-56(58)77)82-54(76)45(30(4)5)66-51(73)41(22-35-24-59-28-61-35)63-44(69)25-60-50(72)40(20-29(2)3)65-52(74)42-14-11-19-67(42)57(83)62-34-15-17-36(18-16-34)81-55-48(71)49(78-7)47(70)31(6)80-55/h9-10,12-13,15-18,21,23-24,28-31,40-42,45,47-49,55,70-71H,8,11,14,19-20,22,25-27H2,1-7H3,(H,59,61)(H,60,72)(H,62,83)(H,63,69)(H,65,74)(H,66,73)/t31-,40+,41-,42-,45-,47+,48+,49+,55?,58+/m1/s1. The van der Waals surface area contributed by atoms with Gasteiger partial charge in [0.1, 0.15) is 54.8 Å². The minimum absolute atomic E-state index is 0.0628. The number of nitrogens with one attached hydrogen (secondary N) is 6. The zero-order valence-corrected chi connectivity index (χ0v) is 48.0. The number of hydrogen-bond donors (Lipinski definition) is 8. The van der Waals surface area contributed by atoms with Crippen molar-refractivity contribution in [3.63, 3.8) is 0 Å². The summed E-state index contributed by atoms with van der Waals surface area (Å²) in [5, 5.41) is 36.2. The first kappa shape index (κ1) is 59.8. The van der Waals surface area contributed by atoms with Crippen LogP contribution >= 0.6 is 12.2 Å². The van der Waals surface area contributed by atoms with Crippen LogP contribution in [0.2, 0.25) is 0 Å². The Labute approximate surface area is 483 Å². The smallest absolute Gasteiger partial charge is 0.355 e. The van der Waals surface area contributed by atoms with Gasteiger partial charge in [0, 0.05) is 54.2 Å². The molecule has 1 unspecified atom stereocenters. The molecule has 9 rings (SSSR count). The van der Waals surface area contributed by atoms with Gasteiger partial charge in [-0.05, 0) is 99.1 Å². The number of amides is 4. The van der Waals surface area contributed by atoms with Crippen molar-refractivity contribution in [1.29, 1.82) is 0 Å². The molecule has 0 bridgehead atoms. The minimum Gasteiger partial charge on any atom is -0.462 e. The molecule has 5 aromatic rings. The molecule has 0 saturated carbocycles. The number of esters is 2. The molecule has 10 atom stereocenters. The molecule has 0 radical (unpaired) electrons. The number of benzene rings is 2. The van der Waals surface area contributed by atoms with Crippen molar-refractivity contribution in [1.82, 2.24) is 45.7 Å². The third-order valence-corrected chi connectivity index (χ3v) is 15.8. The first-order valence-electron chi connectivity index (χ1n) is 27.8. The number of ether oxygens (including phenoxy) is 5. The lowest BCUT2D eigenvalue weighted by atomic mass is 9.85. The number of H-pyrrole nitrogens is 1. The number of cyclic esters (lactones) is 1. The largest absolute Gasteiger partial charge is 0.462 e. The van der Waals surface area contributed by atoms with E-state index in [1.165, 1.54) is 19.6 Å². The van der Waals surface area contributed by atoms with Gasteiger partial charge in [-0.2, -0.15) is 0 Å². The summed E-state index contributed by atoms with van der Waals surface area (Å²) in [6.07, 6.45) is -1.02. The molecule has 3 aromatic heterocycles. The van der Waals surface area contributed by atoms with Gasteiger partial charge in [0.05, 0.1) is 48.0 Å². The number of rotatable bonds is 20. The third-order valence-electron chi connectivity index (χ3n) is 15.5. The lowest BCUT2D eigenvalue weighted by Crippen LogP contribution is -2.59. The first-order chi connectivity index (χ1) is 39.7. The van der Waals surface area contributed by atoms with Crippen LogP contribution in [0.5, 0.6) is 5.75 Å². The molecule has 442 valence electrons. The molecule has 4 aliphatic rings. The van der Waals surface area contributed by atoms with Gasteiger partial charge in [-0.1, -0.05) is 52.8 Å². The number of pyridine rings is 2. The molecule has 0 spiro atoms. The van der Waals surface area contributed by atoms with E-state index in [4.69, 9.17) is 40.9 Å². The number of carbonyl (C=O) groups is 6. The Bertz CT molecular complexity index is 3320. The molecule has 83 heavy (non-hydrogen) atoms. The predicted molar refractivity (Wildman–Crippen MR) is 304 cm³/mol. The lowest BCUT2D eigenvalue weighted by molar-refractivity contribution is -0.272. The fourth-order valence-electron chi connectivity index (χ4n) is 11.0. The van der Waals surface area contributed by atoms with Crippen LogP contribution in [-0.2, 0) is 72.9 Å². The highest BCUT2D eigenvalue weighted by molar-refractivity contribution is 7.80. The summed E-state index contributed by atoms with van der Waals surface area (Å²) in [5.74, 6) is -4.85. The van der Waals surface area contributed by atoms with Crippen molar-refractivity contribution in [2.24, 2.45) is 11.8 Å². The van der Waals surface area contributed by atoms with Crippen LogP contribution in [0.1, 0.15) is 89.6 Å². The Morgan fingerprint density at radius 2 is 1.72 bits per heavy atom. The monoisotopic (exact) mass is 1160 g/mol. The summed E-state index contributed by atoms with van der Waals surface area (Å²) in [6.45, 7) is 10.1. The molecule has 24 nitrogen and oxygen atoms in total. The summed E-state index contributed by atoms with van der Waals surface area (Å²) in [5.41, 5.74) is 1.39. The predicted octanol–water partition coefficient (Wildman–Crippen LogP) is 2.59. The summed E-state index contributed by atoms with van der Waals surface area (Å²) >= 11 is 5.76. The highest BCUT2D eigenvalue weighted by Crippen LogP contribution is 2.41. The number of fused-ring (bicyclic) bond motifs is 5. The fourth-order valence-corrected chi connectivity index (χ4v) is 11.3. The zero-order valence-electron chi connectivity index (χ0n) is 47.1. The number of likely N-dealkylation sites (tertiary alicyclic amines) is 1. The Balaban J connectivity index is 0.826. The number of aliphatic hydroxyl groups is 2. The van der Waals surface area contributed by atoms with Crippen LogP contribution in [0.25, 0.3) is 22.3 Å². The lowest BCUT2D eigenvalue weighted by Gasteiger charge is -2.40. The number of methoxy groups -OCH3 is 1. The van der Waals surface area contributed by atoms with Crippen molar-refractivity contribution in [3.05, 3.63) is 106 Å². The molecule has 25 heteroatoms. The summed E-state index contributed by atoms with van der Waals surface area (Å²) < 4.78 is 30.1. The molecule has 2 aromatic carbocycles. The van der Waals surface area contributed by atoms with E-state index in [9.17, 15) is 43.8 Å². The number of thiocarbonyl (C=S) groups is 1. The second-order valence-corrected chi connectivity index (χ2v) is 22.4. The molecule has 2 fully saturated rings. The van der Waals surface area contributed by atoms with Crippen LogP contribution < -0.4 is 36.9 Å². The van der Waals surface area contributed by atoms with Gasteiger partial charge >= 0.3 is 11.9 Å². The van der Waals surface area contributed by atoms with Gasteiger partial charge < -0.3 is 74.9 Å². The molecule has 4 amide bonds. The first-order valence-corrected chi connectivity index (χ1v) is 28.2. The highest BCUT2D eigenvalue weighted by atomic mass is 32.1. The van der Waals surface area contributed by atoms with E-state index in [0.29, 0.717) is 53.4 Å². The van der Waals surface area contributed by atoms with Crippen molar-refractivity contribution in [3.8, 4) is 17.1 Å². The minimum atomic E-state index is -2.07. The average Bonchev–Trinajstić information content (AvgIpc) is 2.53. The average molecular weight is 1160 g/mol. The van der Waals surface area contributed by atoms with Crippen LogP contribution in [0.4, 0.5) is 5.69 Å². The summed E-state index contributed by atoms with van der Waals surface area (Å²) in [7, 11) is 1.38. The van der Waals surface area contributed by atoms with Gasteiger partial charge in [0.15, 0.2) is 5.11 Å². The second-order valence-electron chi connectivity index (χ2n) is 22.0. The molecule has 8 N–H and O–H groups in total. The molecule has 4 aliphatic heterocycles. The van der Waals surface area contributed by atoms with Gasteiger partial charge in [-0.15, -0.1) is 0 Å². The normalized spacial score (nSPS) is 22.8. The van der Waals surface area contributed by atoms with E-state index in [1.807, 2.05) is 44.2 Å². The molecular weight excluding hydrogens is 1090 g/mol. The number of para-hydroxylation sites is 1. The van der Waals surface area contributed by atoms with E-state index >= 15 is 0 Å². The molecule has 2 saturated heterocycles. The van der Waals surface area contributed by atoms with Crippen molar-refractivity contribution < 1.29 is 62.7 Å². The summed E-state index contributed by atoms with van der Waals surface area (Å²) in [4.78, 5) is 112. The number of hydrogen-bond acceptors (Lipinski definition) is 17. The number of aromatic amines is 1. The van der Waals surface area contributed by atoms with Crippen LogP contribution in [0, 0.1) is 11.8 Å². The van der Waals surface area contributed by atoms with E-state index in [2.05, 4.69) is 36.6 Å². The summed E-state index contributed by atoms with van der Waals surface area (Å²) in [6, 6.07) is 13.4. The van der Waals surface area contributed by atoms with Gasteiger partial charge in [0.2, 0.25) is 35.5 Å². The van der Waals surface area contributed by atoms with Crippen LogP contribution in [0.15, 0.2) is 78.0 Å². The number of aromatic nitrogens is 4. The Morgan fingerprint density at radius 1 is 0.964 bits per heavy atom. The number of aliphatic hydroxyl groups excluding tert-OH is 2. The number of carbonyl (C=O) groups excluding carboxylic acids is 6. The SMILES string of the molecule is CC[C@@]1(OC(=O)[C@H](NC(=O)[C@@H](Cc2cnc[nH]2)NC(=O)CNC(=O)[C@H](CC(C)C)NC(=O)[C@H]2CCCN2C(=S)Nc2ccc(OC3O[C@H](C)[C@H](O)[C@H](OC)[C@@H]3O)cc2)C(C)C)C(=O)OCc2c1cc1n(c2=O)Cc2cc3ccccc3nc2-1. The molecule has 7 heterocycles. The molecular formula is C58H70N10O14S.